The molecule has 0 heterocycles. The molecule has 4 heteroatoms. The number of ether oxygens (including phenoxy) is 1. The van der Waals surface area contributed by atoms with E-state index in [2.05, 4.69) is 19.0 Å². The van der Waals surface area contributed by atoms with E-state index >= 15 is 0 Å². The summed E-state index contributed by atoms with van der Waals surface area (Å²) in [5.74, 6) is 0.159. The Balaban J connectivity index is 3.77. The van der Waals surface area contributed by atoms with Gasteiger partial charge in [-0.25, -0.2) is 4.79 Å². The lowest BCUT2D eigenvalue weighted by Gasteiger charge is -2.05. The second-order valence-corrected chi connectivity index (χ2v) is 3.91. The number of oxime groups is 1. The van der Waals surface area contributed by atoms with Gasteiger partial charge in [0.1, 0.15) is 0 Å². The molecule has 0 saturated heterocycles. The van der Waals surface area contributed by atoms with Crippen LogP contribution in [0.2, 0.25) is 0 Å². The van der Waals surface area contributed by atoms with Crippen molar-refractivity contribution >= 4 is 11.7 Å². The minimum Gasteiger partial charge on any atom is -0.461 e. The number of unbranched alkanes of at least 4 members (excludes halogenated alkanes) is 1. The molecule has 0 unspecified atom stereocenters. The molecule has 0 atom stereocenters. The van der Waals surface area contributed by atoms with Crippen molar-refractivity contribution in [1.29, 1.82) is 0 Å². The van der Waals surface area contributed by atoms with Gasteiger partial charge < -0.3 is 9.94 Å². The lowest BCUT2D eigenvalue weighted by Crippen LogP contribution is -2.17. The lowest BCUT2D eigenvalue weighted by atomic mass is 10.0. The maximum Gasteiger partial charge on any atom is 0.356 e. The molecule has 1 N–H and O–H groups in total. The van der Waals surface area contributed by atoms with Crippen LogP contribution in [0.4, 0.5) is 0 Å². The molecule has 88 valence electrons. The van der Waals surface area contributed by atoms with Crippen molar-refractivity contribution in [3.8, 4) is 0 Å². The minimum absolute atomic E-state index is 0.126. The third-order valence-corrected chi connectivity index (χ3v) is 2.08. The summed E-state index contributed by atoms with van der Waals surface area (Å²) >= 11 is 0. The molecule has 0 fully saturated rings. The van der Waals surface area contributed by atoms with Gasteiger partial charge in [0.15, 0.2) is 5.71 Å². The summed E-state index contributed by atoms with van der Waals surface area (Å²) in [5.41, 5.74) is 0.126. The predicted molar refractivity (Wildman–Crippen MR) is 59.2 cm³/mol. The first-order chi connectivity index (χ1) is 7.11. The third-order valence-electron chi connectivity index (χ3n) is 2.08. The van der Waals surface area contributed by atoms with E-state index < -0.39 is 5.97 Å². The van der Waals surface area contributed by atoms with Crippen LogP contribution in [0.5, 0.6) is 0 Å². The van der Waals surface area contributed by atoms with Crippen LogP contribution >= 0.6 is 0 Å². The van der Waals surface area contributed by atoms with Crippen LogP contribution in [0.1, 0.15) is 46.5 Å². The smallest absolute Gasteiger partial charge is 0.356 e. The lowest BCUT2D eigenvalue weighted by molar-refractivity contribution is -0.135. The first kappa shape index (κ1) is 13.9. The van der Waals surface area contributed by atoms with E-state index in [1.54, 1.807) is 6.92 Å². The Morgan fingerprint density at radius 3 is 2.53 bits per heavy atom. The zero-order valence-corrected chi connectivity index (χ0v) is 9.82. The highest BCUT2D eigenvalue weighted by Gasteiger charge is 2.12. The van der Waals surface area contributed by atoms with Gasteiger partial charge in [-0.1, -0.05) is 31.8 Å². The van der Waals surface area contributed by atoms with E-state index in [0.29, 0.717) is 18.9 Å². The number of nitrogens with zero attached hydrogens (tertiary/aromatic N) is 1. The van der Waals surface area contributed by atoms with Crippen molar-refractivity contribution in [2.45, 2.75) is 46.5 Å². The van der Waals surface area contributed by atoms with Crippen LogP contribution in [0.15, 0.2) is 5.16 Å². The molecule has 0 aliphatic rings. The number of esters is 1. The molecule has 0 aliphatic carbocycles. The Bertz CT molecular complexity index is 212. The van der Waals surface area contributed by atoms with E-state index in [1.807, 2.05) is 0 Å². The monoisotopic (exact) mass is 215 g/mol. The third kappa shape index (κ3) is 6.94. The Morgan fingerprint density at radius 1 is 1.40 bits per heavy atom. The molecule has 0 saturated carbocycles. The standard InChI is InChI=1S/C11H21NO3/c1-4-15-11(13)10(12-14)8-6-5-7-9(2)3/h9,14H,4-8H2,1-3H3. The second kappa shape index (κ2) is 8.26. The van der Waals surface area contributed by atoms with E-state index in [4.69, 9.17) is 9.94 Å². The normalized spacial score (nSPS) is 11.9. The van der Waals surface area contributed by atoms with Gasteiger partial charge in [0, 0.05) is 6.42 Å². The summed E-state index contributed by atoms with van der Waals surface area (Å²) in [6.07, 6.45) is 3.51. The highest BCUT2D eigenvalue weighted by molar-refractivity contribution is 6.36. The Morgan fingerprint density at radius 2 is 2.07 bits per heavy atom. The minimum atomic E-state index is -0.510. The first-order valence-electron chi connectivity index (χ1n) is 5.49. The highest BCUT2D eigenvalue weighted by Crippen LogP contribution is 2.09. The zero-order valence-electron chi connectivity index (χ0n) is 9.82. The van der Waals surface area contributed by atoms with Crippen molar-refractivity contribution < 1.29 is 14.7 Å². The van der Waals surface area contributed by atoms with Crippen molar-refractivity contribution in [1.82, 2.24) is 0 Å². The molecule has 0 radical (unpaired) electrons. The van der Waals surface area contributed by atoms with Crippen LogP contribution in [-0.2, 0) is 9.53 Å². The maximum absolute atomic E-state index is 11.2. The van der Waals surface area contributed by atoms with Gasteiger partial charge >= 0.3 is 5.97 Å². The van der Waals surface area contributed by atoms with Gasteiger partial charge in [0.2, 0.25) is 0 Å². The van der Waals surface area contributed by atoms with Crippen LogP contribution in [0.3, 0.4) is 0 Å². The van der Waals surface area contributed by atoms with Crippen LogP contribution in [0, 0.1) is 5.92 Å². The summed E-state index contributed by atoms with van der Waals surface area (Å²) in [6, 6.07) is 0. The molecular formula is C11H21NO3. The SMILES string of the molecule is CCOC(=O)C(CCCCC(C)C)=NO. The summed E-state index contributed by atoms with van der Waals surface area (Å²) < 4.78 is 4.74. The van der Waals surface area contributed by atoms with E-state index in [1.165, 1.54) is 0 Å². The number of hydrogen-bond donors (Lipinski definition) is 1. The number of rotatable bonds is 7. The maximum atomic E-state index is 11.2. The highest BCUT2D eigenvalue weighted by atomic mass is 16.5. The fourth-order valence-corrected chi connectivity index (χ4v) is 1.25. The molecule has 15 heavy (non-hydrogen) atoms. The molecule has 0 spiro atoms. The van der Waals surface area contributed by atoms with Gasteiger partial charge in [-0.2, -0.15) is 0 Å². The van der Waals surface area contributed by atoms with Gasteiger partial charge in [-0.3, -0.25) is 0 Å². The van der Waals surface area contributed by atoms with Crippen molar-refractivity contribution in [3.05, 3.63) is 0 Å². The molecule has 0 aliphatic heterocycles. The van der Waals surface area contributed by atoms with Gasteiger partial charge in [0.25, 0.3) is 0 Å². The van der Waals surface area contributed by atoms with Crippen molar-refractivity contribution in [3.63, 3.8) is 0 Å². The van der Waals surface area contributed by atoms with E-state index in [9.17, 15) is 4.79 Å². The second-order valence-electron chi connectivity index (χ2n) is 3.91. The molecule has 0 aromatic rings. The summed E-state index contributed by atoms with van der Waals surface area (Å²) in [4.78, 5) is 11.2. The number of hydrogen-bond acceptors (Lipinski definition) is 4. The predicted octanol–water partition coefficient (Wildman–Crippen LogP) is 2.60. The Labute approximate surface area is 91.3 Å². The molecule has 0 rings (SSSR count). The molecule has 0 aromatic heterocycles. The summed E-state index contributed by atoms with van der Waals surface area (Å²) in [7, 11) is 0. The molecule has 0 amide bonds. The average Bonchev–Trinajstić information content (AvgIpc) is 2.17. The zero-order chi connectivity index (χ0) is 11.7. The Kier molecular flexibility index (Phi) is 7.68. The van der Waals surface area contributed by atoms with Crippen LogP contribution in [-0.4, -0.2) is 23.5 Å². The van der Waals surface area contributed by atoms with Gasteiger partial charge in [-0.15, -0.1) is 0 Å². The van der Waals surface area contributed by atoms with Crippen LogP contribution < -0.4 is 0 Å². The number of carbonyl (C=O) groups excluding carboxylic acids is 1. The summed E-state index contributed by atoms with van der Waals surface area (Å²) in [6.45, 7) is 6.36. The first-order valence-corrected chi connectivity index (χ1v) is 5.49. The van der Waals surface area contributed by atoms with Gasteiger partial charge in [0.05, 0.1) is 6.61 Å². The summed E-state index contributed by atoms with van der Waals surface area (Å²) in [5, 5.41) is 11.6. The van der Waals surface area contributed by atoms with Gasteiger partial charge in [-0.05, 0) is 19.3 Å². The number of carbonyl (C=O) groups is 1. The molecule has 4 nitrogen and oxygen atoms in total. The Hall–Kier alpha value is -1.06. The van der Waals surface area contributed by atoms with Crippen molar-refractivity contribution in [2.24, 2.45) is 11.1 Å². The molecular weight excluding hydrogens is 194 g/mol. The topological polar surface area (TPSA) is 58.9 Å². The van der Waals surface area contributed by atoms with E-state index in [0.717, 1.165) is 19.3 Å². The largest absolute Gasteiger partial charge is 0.461 e. The van der Waals surface area contributed by atoms with Crippen molar-refractivity contribution in [2.75, 3.05) is 6.61 Å². The molecule has 0 aromatic carbocycles. The quantitative estimate of drug-likeness (QED) is 0.233. The van der Waals surface area contributed by atoms with Crippen LogP contribution in [0.25, 0.3) is 0 Å². The molecule has 0 bridgehead atoms. The fourth-order valence-electron chi connectivity index (χ4n) is 1.25. The fraction of sp³-hybridized carbons (Fsp3) is 0.818. The average molecular weight is 215 g/mol. The van der Waals surface area contributed by atoms with E-state index in [-0.39, 0.29) is 5.71 Å².